The third-order valence-corrected chi connectivity index (χ3v) is 3.60. The number of hydrogen-bond acceptors (Lipinski definition) is 4. The highest BCUT2D eigenvalue weighted by molar-refractivity contribution is 6.22. The minimum absolute atomic E-state index is 0.204. The molecule has 2 unspecified atom stereocenters. The largest absolute Gasteiger partial charge is 0.378 e. The highest BCUT2D eigenvalue weighted by atomic mass is 16.5. The molecule has 2 aliphatic heterocycles. The second kappa shape index (κ2) is 3.04. The maximum Gasteiger partial charge on any atom is 0.243 e. The van der Waals surface area contributed by atoms with Crippen LogP contribution in [0.4, 0.5) is 0 Å². The van der Waals surface area contributed by atoms with Gasteiger partial charge in [0, 0.05) is 13.1 Å². The first-order chi connectivity index (χ1) is 7.66. The molecular formula is C10H12N2O4. The molecule has 3 rings (SSSR count). The number of amides is 3. The van der Waals surface area contributed by atoms with Crippen LogP contribution >= 0.6 is 0 Å². The predicted molar refractivity (Wildman–Crippen MR) is 51.1 cm³/mol. The molecule has 2 heterocycles. The van der Waals surface area contributed by atoms with Crippen molar-refractivity contribution in [3.63, 3.8) is 0 Å². The van der Waals surface area contributed by atoms with E-state index in [1.54, 1.807) is 4.90 Å². The molecule has 0 aromatic heterocycles. The lowest BCUT2D eigenvalue weighted by atomic mass is 10.0. The van der Waals surface area contributed by atoms with Crippen LogP contribution in [-0.2, 0) is 19.1 Å². The fourth-order valence-electron chi connectivity index (χ4n) is 2.52. The van der Waals surface area contributed by atoms with Crippen molar-refractivity contribution in [1.82, 2.24) is 10.2 Å². The van der Waals surface area contributed by atoms with E-state index in [1.807, 2.05) is 0 Å². The topological polar surface area (TPSA) is 75.7 Å². The highest BCUT2D eigenvalue weighted by Gasteiger charge is 2.74. The number of nitrogens with zero attached hydrogens (tertiary/aromatic N) is 1. The highest BCUT2D eigenvalue weighted by Crippen LogP contribution is 2.57. The van der Waals surface area contributed by atoms with Crippen LogP contribution in [0.1, 0.15) is 6.42 Å². The molecule has 1 N–H and O–H groups in total. The normalized spacial score (nSPS) is 37.0. The summed E-state index contributed by atoms with van der Waals surface area (Å²) in [6.07, 6.45) is 0.383. The van der Waals surface area contributed by atoms with Crippen LogP contribution in [0.5, 0.6) is 0 Å². The zero-order valence-electron chi connectivity index (χ0n) is 8.69. The van der Waals surface area contributed by atoms with Gasteiger partial charge in [0.25, 0.3) is 0 Å². The van der Waals surface area contributed by atoms with Crippen molar-refractivity contribution in [2.24, 2.45) is 11.3 Å². The summed E-state index contributed by atoms with van der Waals surface area (Å²) in [6, 6.07) is 0. The van der Waals surface area contributed by atoms with Gasteiger partial charge in [0.05, 0.1) is 19.1 Å². The standard InChI is InChI=1S/C10H12N2O4/c13-7-6-5-10(6,8(14)11-7)9(15)12-1-3-16-4-2-12/h6H,1-5H2,(H,11,13,14). The second-order valence-corrected chi connectivity index (χ2v) is 4.45. The van der Waals surface area contributed by atoms with Crippen LogP contribution in [0.2, 0.25) is 0 Å². The van der Waals surface area contributed by atoms with E-state index in [9.17, 15) is 14.4 Å². The first kappa shape index (κ1) is 9.77. The average molecular weight is 224 g/mol. The van der Waals surface area contributed by atoms with E-state index in [-0.39, 0.29) is 11.8 Å². The number of nitrogens with one attached hydrogen (secondary N) is 1. The summed E-state index contributed by atoms with van der Waals surface area (Å²) in [5.74, 6) is -1.34. The van der Waals surface area contributed by atoms with E-state index >= 15 is 0 Å². The maximum absolute atomic E-state index is 12.2. The van der Waals surface area contributed by atoms with Gasteiger partial charge >= 0.3 is 0 Å². The summed E-state index contributed by atoms with van der Waals surface area (Å²) in [5.41, 5.74) is -1.06. The molecule has 6 heteroatoms. The van der Waals surface area contributed by atoms with Gasteiger partial charge in [-0.05, 0) is 6.42 Å². The number of imide groups is 1. The Hall–Kier alpha value is -1.43. The summed E-state index contributed by atoms with van der Waals surface area (Å²) in [7, 11) is 0. The van der Waals surface area contributed by atoms with Crippen LogP contribution in [0.3, 0.4) is 0 Å². The minimum Gasteiger partial charge on any atom is -0.378 e. The fourth-order valence-corrected chi connectivity index (χ4v) is 2.52. The molecule has 0 aromatic carbocycles. The number of ether oxygens (including phenoxy) is 1. The van der Waals surface area contributed by atoms with Gasteiger partial charge in [-0.3, -0.25) is 19.7 Å². The predicted octanol–water partition coefficient (Wildman–Crippen LogP) is -1.49. The molecule has 6 nitrogen and oxygen atoms in total. The molecule has 2 saturated heterocycles. The molecule has 1 saturated carbocycles. The molecule has 3 aliphatic rings. The average Bonchev–Trinajstić information content (AvgIpc) is 3.00. The van der Waals surface area contributed by atoms with Gasteiger partial charge in [0.1, 0.15) is 5.41 Å². The van der Waals surface area contributed by atoms with Crippen molar-refractivity contribution >= 4 is 17.7 Å². The number of carbonyl (C=O) groups excluding carboxylic acids is 3. The summed E-state index contributed by atoms with van der Waals surface area (Å²) in [4.78, 5) is 36.7. The maximum atomic E-state index is 12.2. The van der Waals surface area contributed by atoms with E-state index in [0.29, 0.717) is 32.7 Å². The summed E-state index contributed by atoms with van der Waals surface area (Å²) in [5, 5.41) is 2.22. The zero-order valence-corrected chi connectivity index (χ0v) is 8.69. The first-order valence-corrected chi connectivity index (χ1v) is 5.38. The van der Waals surface area contributed by atoms with Crippen molar-refractivity contribution in [2.45, 2.75) is 6.42 Å². The van der Waals surface area contributed by atoms with Crippen molar-refractivity contribution < 1.29 is 19.1 Å². The Kier molecular flexibility index (Phi) is 1.85. The van der Waals surface area contributed by atoms with E-state index in [0.717, 1.165) is 0 Å². The van der Waals surface area contributed by atoms with Crippen LogP contribution in [0, 0.1) is 11.3 Å². The minimum atomic E-state index is -1.06. The lowest BCUT2D eigenvalue weighted by Crippen LogP contribution is -2.47. The molecule has 0 radical (unpaired) electrons. The Bertz CT molecular complexity index is 388. The number of carbonyl (C=O) groups is 3. The van der Waals surface area contributed by atoms with Crippen LogP contribution in [0.15, 0.2) is 0 Å². The van der Waals surface area contributed by atoms with Gasteiger partial charge < -0.3 is 9.64 Å². The van der Waals surface area contributed by atoms with Crippen molar-refractivity contribution in [2.75, 3.05) is 26.3 Å². The van der Waals surface area contributed by atoms with E-state index < -0.39 is 17.2 Å². The molecule has 0 aromatic rings. The van der Waals surface area contributed by atoms with Crippen LogP contribution in [-0.4, -0.2) is 48.9 Å². The Balaban J connectivity index is 1.81. The van der Waals surface area contributed by atoms with Crippen LogP contribution < -0.4 is 5.32 Å². The van der Waals surface area contributed by atoms with Crippen molar-refractivity contribution in [1.29, 1.82) is 0 Å². The van der Waals surface area contributed by atoms with Gasteiger partial charge in [0.15, 0.2) is 0 Å². The zero-order chi connectivity index (χ0) is 11.3. The fraction of sp³-hybridized carbons (Fsp3) is 0.700. The number of fused-ring (bicyclic) bond motifs is 1. The third kappa shape index (κ3) is 1.07. The number of hydrogen-bond donors (Lipinski definition) is 1. The van der Waals surface area contributed by atoms with Crippen molar-refractivity contribution in [3.05, 3.63) is 0 Å². The van der Waals surface area contributed by atoms with Gasteiger partial charge in [-0.15, -0.1) is 0 Å². The molecule has 1 aliphatic carbocycles. The Morgan fingerprint density at radius 1 is 1.38 bits per heavy atom. The molecule has 16 heavy (non-hydrogen) atoms. The SMILES string of the molecule is O=C1NC(=O)C2(C(=O)N3CCOCC3)CC12. The van der Waals surface area contributed by atoms with Crippen molar-refractivity contribution in [3.8, 4) is 0 Å². The van der Waals surface area contributed by atoms with E-state index in [1.165, 1.54) is 0 Å². The second-order valence-electron chi connectivity index (χ2n) is 4.45. The molecule has 2 atom stereocenters. The Morgan fingerprint density at radius 2 is 2.06 bits per heavy atom. The van der Waals surface area contributed by atoms with Gasteiger partial charge in [-0.1, -0.05) is 0 Å². The summed E-state index contributed by atoms with van der Waals surface area (Å²) >= 11 is 0. The molecule has 86 valence electrons. The molecule has 0 bridgehead atoms. The van der Waals surface area contributed by atoms with Gasteiger partial charge in [-0.25, -0.2) is 0 Å². The molecular weight excluding hydrogens is 212 g/mol. The molecule has 3 amide bonds. The quantitative estimate of drug-likeness (QED) is 0.435. The Labute approximate surface area is 91.9 Å². The van der Waals surface area contributed by atoms with Crippen LogP contribution in [0.25, 0.3) is 0 Å². The summed E-state index contributed by atoms with van der Waals surface area (Å²) < 4.78 is 5.15. The number of rotatable bonds is 1. The number of morpholine rings is 1. The lowest BCUT2D eigenvalue weighted by molar-refractivity contribution is -0.146. The summed E-state index contributed by atoms with van der Waals surface area (Å²) in [6.45, 7) is 2.02. The van der Waals surface area contributed by atoms with E-state index in [2.05, 4.69) is 5.32 Å². The third-order valence-electron chi connectivity index (χ3n) is 3.60. The first-order valence-electron chi connectivity index (χ1n) is 5.38. The Morgan fingerprint density at radius 3 is 2.56 bits per heavy atom. The lowest BCUT2D eigenvalue weighted by Gasteiger charge is -2.29. The molecule has 3 fully saturated rings. The smallest absolute Gasteiger partial charge is 0.243 e. The monoisotopic (exact) mass is 224 g/mol. The van der Waals surface area contributed by atoms with Gasteiger partial charge in [-0.2, -0.15) is 0 Å². The number of piperidine rings is 1. The molecule has 0 spiro atoms. The van der Waals surface area contributed by atoms with Gasteiger partial charge in [0.2, 0.25) is 17.7 Å². The van der Waals surface area contributed by atoms with E-state index in [4.69, 9.17) is 4.74 Å².